The van der Waals surface area contributed by atoms with Gasteiger partial charge in [0.2, 0.25) is 0 Å². The molecule has 0 heterocycles. The summed E-state index contributed by atoms with van der Waals surface area (Å²) >= 11 is 0. The fourth-order valence-electron chi connectivity index (χ4n) is 1.88. The summed E-state index contributed by atoms with van der Waals surface area (Å²) in [5.74, 6) is 0.603. The molecule has 0 bridgehead atoms. The number of ether oxygens (including phenoxy) is 1. The molecule has 0 spiro atoms. The van der Waals surface area contributed by atoms with E-state index < -0.39 is 0 Å². The van der Waals surface area contributed by atoms with Gasteiger partial charge in [0.25, 0.3) is 0 Å². The van der Waals surface area contributed by atoms with Crippen molar-refractivity contribution >= 4 is 11.4 Å². The Balaban J connectivity index is 2.90. The molecule has 0 unspecified atom stereocenters. The first kappa shape index (κ1) is 13.8. The van der Waals surface area contributed by atoms with E-state index in [1.54, 1.807) is 7.11 Å². The van der Waals surface area contributed by atoms with Gasteiger partial charge in [-0.1, -0.05) is 19.9 Å². The number of methoxy groups -OCH3 is 1. The molecule has 3 heteroatoms. The molecule has 2 N–H and O–H groups in total. The number of nitrogen functional groups attached to an aromatic ring is 1. The van der Waals surface area contributed by atoms with Crippen molar-refractivity contribution in [1.82, 2.24) is 0 Å². The van der Waals surface area contributed by atoms with Crippen LogP contribution < -0.4 is 10.6 Å². The van der Waals surface area contributed by atoms with Crippen LogP contribution in [-0.2, 0) is 4.74 Å². The zero-order valence-corrected chi connectivity index (χ0v) is 11.4. The second kappa shape index (κ2) is 6.50. The number of anilines is 2. The van der Waals surface area contributed by atoms with Gasteiger partial charge >= 0.3 is 0 Å². The number of aryl methyl sites for hydroxylation is 1. The van der Waals surface area contributed by atoms with Crippen LogP contribution in [0.1, 0.15) is 19.4 Å². The Bertz CT molecular complexity index is 350. The number of rotatable bonds is 6. The molecular weight excluding hydrogens is 212 g/mol. The van der Waals surface area contributed by atoms with E-state index in [-0.39, 0.29) is 0 Å². The van der Waals surface area contributed by atoms with Crippen molar-refractivity contribution in [2.75, 3.05) is 37.4 Å². The molecule has 0 radical (unpaired) electrons. The molecule has 1 aromatic carbocycles. The molecule has 0 atom stereocenters. The highest BCUT2D eigenvalue weighted by Gasteiger charge is 2.11. The maximum absolute atomic E-state index is 6.06. The van der Waals surface area contributed by atoms with Gasteiger partial charge in [-0.05, 0) is 30.5 Å². The molecule has 0 aliphatic carbocycles. The molecule has 0 aliphatic rings. The van der Waals surface area contributed by atoms with E-state index in [0.717, 1.165) is 31.1 Å². The van der Waals surface area contributed by atoms with Gasteiger partial charge in [0.1, 0.15) is 0 Å². The summed E-state index contributed by atoms with van der Waals surface area (Å²) in [6.07, 6.45) is 0. The predicted octanol–water partition coefficient (Wildman–Crippen LogP) is 2.69. The van der Waals surface area contributed by atoms with Crippen molar-refractivity contribution in [2.24, 2.45) is 5.92 Å². The van der Waals surface area contributed by atoms with Crippen LogP contribution in [0.4, 0.5) is 11.4 Å². The minimum absolute atomic E-state index is 0.603. The third-order valence-corrected chi connectivity index (χ3v) is 2.68. The second-order valence-corrected chi connectivity index (χ2v) is 4.89. The van der Waals surface area contributed by atoms with E-state index in [1.807, 2.05) is 12.1 Å². The van der Waals surface area contributed by atoms with E-state index in [2.05, 4.69) is 31.7 Å². The lowest BCUT2D eigenvalue weighted by atomic mass is 10.1. The number of nitrogens with two attached hydrogens (primary N) is 1. The van der Waals surface area contributed by atoms with E-state index in [4.69, 9.17) is 10.5 Å². The van der Waals surface area contributed by atoms with Crippen LogP contribution in [0.15, 0.2) is 18.2 Å². The smallest absolute Gasteiger partial charge is 0.0637 e. The number of hydrogen-bond donors (Lipinski definition) is 1. The highest BCUT2D eigenvalue weighted by atomic mass is 16.5. The minimum Gasteiger partial charge on any atom is -0.397 e. The Hall–Kier alpha value is -1.22. The summed E-state index contributed by atoms with van der Waals surface area (Å²) in [6, 6.07) is 6.17. The van der Waals surface area contributed by atoms with E-state index in [1.165, 1.54) is 5.56 Å². The van der Waals surface area contributed by atoms with Crippen LogP contribution in [0.3, 0.4) is 0 Å². The summed E-state index contributed by atoms with van der Waals surface area (Å²) in [5, 5.41) is 0. The fraction of sp³-hybridized carbons (Fsp3) is 0.571. The largest absolute Gasteiger partial charge is 0.397 e. The van der Waals surface area contributed by atoms with Crippen molar-refractivity contribution < 1.29 is 4.74 Å². The van der Waals surface area contributed by atoms with Crippen LogP contribution in [-0.4, -0.2) is 26.8 Å². The summed E-state index contributed by atoms with van der Waals surface area (Å²) in [5.41, 5.74) is 9.25. The van der Waals surface area contributed by atoms with Crippen LogP contribution in [0, 0.1) is 12.8 Å². The SMILES string of the molecule is COCCN(CC(C)C)c1cc(C)ccc1N. The van der Waals surface area contributed by atoms with Crippen molar-refractivity contribution in [3.63, 3.8) is 0 Å². The van der Waals surface area contributed by atoms with Crippen LogP contribution in [0.2, 0.25) is 0 Å². The predicted molar refractivity (Wildman–Crippen MR) is 74.5 cm³/mol. The first-order valence-corrected chi connectivity index (χ1v) is 6.14. The average Bonchev–Trinajstić information content (AvgIpc) is 2.27. The number of benzene rings is 1. The van der Waals surface area contributed by atoms with Gasteiger partial charge in [0.05, 0.1) is 18.0 Å². The monoisotopic (exact) mass is 236 g/mol. The number of hydrogen-bond acceptors (Lipinski definition) is 3. The highest BCUT2D eigenvalue weighted by Crippen LogP contribution is 2.25. The molecule has 17 heavy (non-hydrogen) atoms. The van der Waals surface area contributed by atoms with E-state index in [0.29, 0.717) is 5.92 Å². The topological polar surface area (TPSA) is 38.5 Å². The quantitative estimate of drug-likeness (QED) is 0.772. The number of nitrogens with zero attached hydrogens (tertiary/aromatic N) is 1. The van der Waals surface area contributed by atoms with Crippen LogP contribution >= 0.6 is 0 Å². The Labute approximate surface area is 105 Å². The average molecular weight is 236 g/mol. The Morgan fingerprint density at radius 1 is 1.35 bits per heavy atom. The van der Waals surface area contributed by atoms with Crippen LogP contribution in [0.25, 0.3) is 0 Å². The second-order valence-electron chi connectivity index (χ2n) is 4.89. The third-order valence-electron chi connectivity index (χ3n) is 2.68. The maximum Gasteiger partial charge on any atom is 0.0637 e. The highest BCUT2D eigenvalue weighted by molar-refractivity contribution is 5.68. The molecule has 0 aliphatic heterocycles. The zero-order valence-electron chi connectivity index (χ0n) is 11.4. The normalized spacial score (nSPS) is 10.9. The van der Waals surface area contributed by atoms with Gasteiger partial charge in [-0.15, -0.1) is 0 Å². The molecule has 96 valence electrons. The Kier molecular flexibility index (Phi) is 5.29. The summed E-state index contributed by atoms with van der Waals surface area (Å²) in [7, 11) is 1.73. The summed E-state index contributed by atoms with van der Waals surface area (Å²) < 4.78 is 5.16. The molecule has 0 fully saturated rings. The Morgan fingerprint density at radius 2 is 2.06 bits per heavy atom. The van der Waals surface area contributed by atoms with Crippen LogP contribution in [0.5, 0.6) is 0 Å². The molecular formula is C14H24N2O. The maximum atomic E-state index is 6.06. The molecule has 3 nitrogen and oxygen atoms in total. The summed E-state index contributed by atoms with van der Waals surface area (Å²) in [4.78, 5) is 2.30. The Morgan fingerprint density at radius 3 is 2.65 bits per heavy atom. The standard InChI is InChI=1S/C14H24N2O/c1-11(2)10-16(7-8-17-4)14-9-12(3)5-6-13(14)15/h5-6,9,11H,7-8,10,15H2,1-4H3. The van der Waals surface area contributed by atoms with Crippen molar-refractivity contribution in [3.8, 4) is 0 Å². The molecule has 0 aromatic heterocycles. The van der Waals surface area contributed by atoms with Gasteiger partial charge in [-0.3, -0.25) is 0 Å². The minimum atomic E-state index is 0.603. The first-order chi connectivity index (χ1) is 8.04. The van der Waals surface area contributed by atoms with Gasteiger partial charge < -0.3 is 15.4 Å². The molecule has 1 aromatic rings. The fourth-order valence-corrected chi connectivity index (χ4v) is 1.88. The molecule has 0 amide bonds. The van der Waals surface area contributed by atoms with E-state index in [9.17, 15) is 0 Å². The van der Waals surface area contributed by atoms with Gasteiger partial charge in [0.15, 0.2) is 0 Å². The zero-order chi connectivity index (χ0) is 12.8. The van der Waals surface area contributed by atoms with Gasteiger partial charge in [-0.25, -0.2) is 0 Å². The third kappa shape index (κ3) is 4.27. The molecule has 0 saturated heterocycles. The van der Waals surface area contributed by atoms with Crippen molar-refractivity contribution in [1.29, 1.82) is 0 Å². The van der Waals surface area contributed by atoms with Crippen molar-refractivity contribution in [2.45, 2.75) is 20.8 Å². The first-order valence-electron chi connectivity index (χ1n) is 6.14. The van der Waals surface area contributed by atoms with Crippen molar-refractivity contribution in [3.05, 3.63) is 23.8 Å². The van der Waals surface area contributed by atoms with Gasteiger partial charge in [0, 0.05) is 20.2 Å². The molecule has 0 saturated carbocycles. The van der Waals surface area contributed by atoms with E-state index >= 15 is 0 Å². The van der Waals surface area contributed by atoms with Gasteiger partial charge in [-0.2, -0.15) is 0 Å². The lowest BCUT2D eigenvalue weighted by Gasteiger charge is -2.28. The lowest BCUT2D eigenvalue weighted by Crippen LogP contribution is -2.31. The lowest BCUT2D eigenvalue weighted by molar-refractivity contribution is 0.204. The molecule has 1 rings (SSSR count). The summed E-state index contributed by atoms with van der Waals surface area (Å²) in [6.45, 7) is 9.11.